The zero-order valence-corrected chi connectivity index (χ0v) is 33.5. The van der Waals surface area contributed by atoms with Crippen molar-refractivity contribution in [2.45, 2.75) is 140 Å². The molecule has 1 fully saturated rings. The van der Waals surface area contributed by atoms with Gasteiger partial charge in [0.25, 0.3) is 0 Å². The number of rotatable bonds is 26. The summed E-state index contributed by atoms with van der Waals surface area (Å²) < 4.78 is 64.2. The van der Waals surface area contributed by atoms with Crippen molar-refractivity contribution >= 4 is 35.4 Å². The maximum atomic E-state index is 12.9. The van der Waals surface area contributed by atoms with Crippen LogP contribution >= 0.6 is 23.5 Å². The van der Waals surface area contributed by atoms with Crippen molar-refractivity contribution < 1.29 is 90.6 Å². The van der Waals surface area contributed by atoms with Crippen LogP contribution < -0.4 is 0 Å². The number of carbonyl (C=O) groups is 2. The zero-order chi connectivity index (χ0) is 42.2. The Bertz CT molecular complexity index is 1600. The molecule has 4 unspecified atom stereocenters. The van der Waals surface area contributed by atoms with Gasteiger partial charge in [0.1, 0.15) is 43.2 Å². The molecular formula is C34H51O19P3. The third-order valence-electron chi connectivity index (χ3n) is 7.89. The van der Waals surface area contributed by atoms with Crippen LogP contribution in [0.2, 0.25) is 0 Å². The highest BCUT2D eigenvalue weighted by Crippen LogP contribution is 2.51. The van der Waals surface area contributed by atoms with Gasteiger partial charge in [-0.3, -0.25) is 22.9 Å². The van der Waals surface area contributed by atoms with Crippen molar-refractivity contribution in [3.05, 3.63) is 0 Å². The maximum Gasteiger partial charge on any atom is 0.472 e. The molecule has 0 heterocycles. The summed E-state index contributed by atoms with van der Waals surface area (Å²) in [6.07, 6.45) is 2.10. The molecule has 0 aromatic heterocycles. The normalized spacial score (nSPS) is 22.4. The summed E-state index contributed by atoms with van der Waals surface area (Å²) in [6.45, 7) is 0.396. The largest absolute Gasteiger partial charge is 0.472 e. The van der Waals surface area contributed by atoms with E-state index in [9.17, 15) is 53.3 Å². The van der Waals surface area contributed by atoms with Gasteiger partial charge in [0.15, 0.2) is 6.10 Å². The molecule has 1 saturated carbocycles. The fourth-order valence-electron chi connectivity index (χ4n) is 5.28. The van der Waals surface area contributed by atoms with E-state index >= 15 is 0 Å². The second-order valence-corrected chi connectivity index (χ2v) is 16.3. The van der Waals surface area contributed by atoms with Gasteiger partial charge in [-0.05, 0) is 41.9 Å². The molecule has 8 N–H and O–H groups in total. The van der Waals surface area contributed by atoms with Gasteiger partial charge in [0.05, 0.1) is 6.61 Å². The molecule has 0 radical (unpaired) electrons. The molecule has 316 valence electrons. The number of hydrogen-bond acceptors (Lipinski definition) is 14. The van der Waals surface area contributed by atoms with Crippen molar-refractivity contribution in [3.63, 3.8) is 0 Å². The second-order valence-electron chi connectivity index (χ2n) is 12.5. The number of esters is 2. The van der Waals surface area contributed by atoms with E-state index in [4.69, 9.17) is 34.7 Å². The number of carbonyl (C=O) groups excluding carboxylic acids is 2. The Labute approximate surface area is 326 Å². The zero-order valence-electron chi connectivity index (χ0n) is 30.8. The predicted octanol–water partition coefficient (Wildman–Crippen LogP) is 2.12. The van der Waals surface area contributed by atoms with Crippen LogP contribution in [-0.4, -0.2) is 108 Å². The highest BCUT2D eigenvalue weighted by molar-refractivity contribution is 7.47. The Kier molecular flexibility index (Phi) is 24.9. The van der Waals surface area contributed by atoms with Crippen LogP contribution in [0.25, 0.3) is 0 Å². The van der Waals surface area contributed by atoms with Crippen LogP contribution in [0.4, 0.5) is 0 Å². The van der Waals surface area contributed by atoms with E-state index in [0.29, 0.717) is 6.42 Å². The number of aliphatic hydroxyl groups is 3. The average Bonchev–Trinajstić information content (AvgIpc) is 3.11. The molecule has 19 nitrogen and oxygen atoms in total. The molecule has 56 heavy (non-hydrogen) atoms. The number of aliphatic hydroxyl groups excluding tert-OH is 3. The molecule has 0 bridgehead atoms. The summed E-state index contributed by atoms with van der Waals surface area (Å²) in [5.41, 5.74) is 0. The summed E-state index contributed by atoms with van der Waals surface area (Å²) in [5, 5.41) is 31.5. The van der Waals surface area contributed by atoms with Crippen LogP contribution in [0.3, 0.4) is 0 Å². The van der Waals surface area contributed by atoms with E-state index in [-0.39, 0.29) is 6.42 Å². The van der Waals surface area contributed by atoms with E-state index < -0.39 is 91.3 Å². The minimum absolute atomic E-state index is 0.0687. The summed E-state index contributed by atoms with van der Waals surface area (Å²) in [5.74, 6) is 13.2. The van der Waals surface area contributed by atoms with E-state index in [0.717, 1.165) is 32.1 Å². The number of phosphoric ester groups is 3. The fourth-order valence-corrected chi connectivity index (χ4v) is 7.38. The van der Waals surface area contributed by atoms with E-state index in [1.165, 1.54) is 44.9 Å². The monoisotopic (exact) mass is 856 g/mol. The first kappa shape index (κ1) is 51.4. The van der Waals surface area contributed by atoms with Crippen molar-refractivity contribution in [1.29, 1.82) is 0 Å². The first-order valence-corrected chi connectivity index (χ1v) is 22.4. The quantitative estimate of drug-likeness (QED) is 0.0203. The number of phosphoric acid groups is 3. The van der Waals surface area contributed by atoms with Crippen LogP contribution in [0.15, 0.2) is 0 Å². The molecular weight excluding hydrogens is 805 g/mol. The standard InChI is InChI=1S/C34H51O19P3/c1-3-5-7-9-11-12-13-14-15-16-17-19-21-23-28(36)50-26(24-48-27(35)22-20-18-10-8-6-4-2)25-49-56(46,47)53-32-29(37)30(38)33(51-54(40,41)42)34(31(32)39)52-55(43,44)45/h2,26,29-34,37-39H,3,5,7,9,11-17,19,21,23-25H2,1H3,(H,46,47)(H2,40,41,42)(H2,43,44,45)/t26-,29?,30+,31-,32?,33+,34?/m1/s1. The molecule has 0 aliphatic heterocycles. The highest BCUT2D eigenvalue weighted by Gasteiger charge is 2.56. The molecule has 1 aliphatic rings. The highest BCUT2D eigenvalue weighted by atomic mass is 31.2. The molecule has 1 rings (SSSR count). The van der Waals surface area contributed by atoms with Crippen molar-refractivity contribution in [2.24, 2.45) is 0 Å². The minimum Gasteiger partial charge on any atom is -0.456 e. The van der Waals surface area contributed by atoms with Crippen LogP contribution in [-0.2, 0) is 50.9 Å². The second kappa shape index (κ2) is 27.1. The lowest BCUT2D eigenvalue weighted by atomic mass is 9.85. The minimum atomic E-state index is -5.62. The maximum absolute atomic E-state index is 12.9. The lowest BCUT2D eigenvalue weighted by Gasteiger charge is -2.44. The van der Waals surface area contributed by atoms with Gasteiger partial charge in [-0.2, -0.15) is 0 Å². The van der Waals surface area contributed by atoms with Gasteiger partial charge >= 0.3 is 35.4 Å². The molecule has 0 aromatic carbocycles. The summed E-state index contributed by atoms with van der Waals surface area (Å²) in [4.78, 5) is 71.9. The van der Waals surface area contributed by atoms with Gasteiger partial charge in [-0.25, -0.2) is 18.5 Å². The summed E-state index contributed by atoms with van der Waals surface area (Å²) >= 11 is 0. The van der Waals surface area contributed by atoms with Gasteiger partial charge in [0, 0.05) is 12.3 Å². The van der Waals surface area contributed by atoms with E-state index in [1.54, 1.807) is 0 Å². The predicted molar refractivity (Wildman–Crippen MR) is 196 cm³/mol. The Morgan fingerprint density at radius 2 is 1.09 bits per heavy atom. The number of unbranched alkanes of at least 4 members (excludes halogenated alkanes) is 12. The van der Waals surface area contributed by atoms with E-state index in [1.807, 2.05) is 11.8 Å². The molecule has 0 spiro atoms. The SMILES string of the molecule is C#CC#CC#CC#CC(=O)OC[C@H](COP(=O)(O)OC1C(O)[C@H](O)[C@H](OP(=O)(O)O)C(OP(=O)(O)O)[C@@H]1O)OC(=O)CCCCCCCCCCCCCCC. The van der Waals surface area contributed by atoms with Crippen LogP contribution in [0.1, 0.15) is 96.8 Å². The topological polar surface area (TPSA) is 303 Å². The Balaban J connectivity index is 2.89. The van der Waals surface area contributed by atoms with Crippen molar-refractivity contribution in [2.75, 3.05) is 13.2 Å². The van der Waals surface area contributed by atoms with Gasteiger partial charge in [0.2, 0.25) is 0 Å². The number of ether oxygens (including phenoxy) is 2. The molecule has 0 aromatic rings. The molecule has 8 atom stereocenters. The smallest absolute Gasteiger partial charge is 0.456 e. The third kappa shape index (κ3) is 23.6. The molecule has 0 amide bonds. The van der Waals surface area contributed by atoms with Crippen LogP contribution in [0, 0.1) is 47.9 Å². The Hall–Kier alpha value is -2.61. The number of terminal acetylenes is 1. The first-order chi connectivity index (χ1) is 26.3. The number of hydrogen-bond donors (Lipinski definition) is 8. The van der Waals surface area contributed by atoms with Gasteiger partial charge in [-0.15, -0.1) is 6.42 Å². The average molecular weight is 857 g/mol. The Morgan fingerprint density at radius 1 is 0.625 bits per heavy atom. The molecule has 1 aliphatic carbocycles. The lowest BCUT2D eigenvalue weighted by Crippen LogP contribution is -2.65. The van der Waals surface area contributed by atoms with Crippen LogP contribution in [0.5, 0.6) is 0 Å². The van der Waals surface area contributed by atoms with Crippen molar-refractivity contribution in [1.82, 2.24) is 0 Å². The lowest BCUT2D eigenvalue weighted by molar-refractivity contribution is -0.213. The summed E-state index contributed by atoms with van der Waals surface area (Å²) in [6, 6.07) is 0. The third-order valence-corrected chi connectivity index (χ3v) is 9.91. The fraction of sp³-hybridized carbons (Fsp3) is 0.706. The Morgan fingerprint density at radius 3 is 1.61 bits per heavy atom. The molecule has 0 saturated heterocycles. The molecule has 22 heteroatoms. The van der Waals surface area contributed by atoms with Crippen molar-refractivity contribution in [3.8, 4) is 47.9 Å². The van der Waals surface area contributed by atoms with Gasteiger partial charge in [-0.1, -0.05) is 84.0 Å². The summed E-state index contributed by atoms with van der Waals surface area (Å²) in [7, 11) is -16.7. The first-order valence-electron chi connectivity index (χ1n) is 17.8. The van der Waals surface area contributed by atoms with Gasteiger partial charge < -0.3 is 49.3 Å². The van der Waals surface area contributed by atoms with E-state index in [2.05, 4.69) is 45.6 Å².